The van der Waals surface area contributed by atoms with E-state index in [0.29, 0.717) is 0 Å². The maximum atomic E-state index is 5.80. The van der Waals surface area contributed by atoms with Crippen LogP contribution in [0.25, 0.3) is 0 Å². The smallest absolute Gasteiger partial charge is 0.125 e. The van der Waals surface area contributed by atoms with Crippen molar-refractivity contribution in [1.82, 2.24) is 5.43 Å². The fourth-order valence-corrected chi connectivity index (χ4v) is 3.02. The molecule has 0 spiro atoms. The van der Waals surface area contributed by atoms with Crippen LogP contribution in [0.1, 0.15) is 22.7 Å². The van der Waals surface area contributed by atoms with Gasteiger partial charge in [-0.25, -0.2) is 5.43 Å². The third-order valence-corrected chi connectivity index (χ3v) is 4.21. The lowest BCUT2D eigenvalue weighted by Crippen LogP contribution is -2.29. The minimum Gasteiger partial charge on any atom is -0.496 e. The van der Waals surface area contributed by atoms with Gasteiger partial charge < -0.3 is 9.47 Å². The van der Waals surface area contributed by atoms with Crippen molar-refractivity contribution in [3.8, 4) is 11.5 Å². The van der Waals surface area contributed by atoms with Crippen LogP contribution in [0.15, 0.2) is 40.9 Å². The van der Waals surface area contributed by atoms with E-state index in [1.807, 2.05) is 30.3 Å². The van der Waals surface area contributed by atoms with Crippen molar-refractivity contribution in [2.75, 3.05) is 13.7 Å². The minimum atomic E-state index is -0.126. The van der Waals surface area contributed by atoms with Gasteiger partial charge in [0.2, 0.25) is 0 Å². The van der Waals surface area contributed by atoms with Gasteiger partial charge >= 0.3 is 0 Å². The highest BCUT2D eigenvalue weighted by Gasteiger charge is 2.20. The van der Waals surface area contributed by atoms with Gasteiger partial charge in [-0.05, 0) is 29.3 Å². The standard InChI is InChI=1S/C16H17BrN2O2/c1-20-15-9-12(17)3-4-13(15)16(19-18)11-2-5-14-10(8-11)6-7-21-14/h2-5,8-9,16,19H,6-7,18H2,1H3. The zero-order valence-corrected chi connectivity index (χ0v) is 13.3. The number of hydrogen-bond acceptors (Lipinski definition) is 4. The lowest BCUT2D eigenvalue weighted by atomic mass is 9.96. The van der Waals surface area contributed by atoms with E-state index >= 15 is 0 Å². The van der Waals surface area contributed by atoms with Crippen LogP contribution in [-0.4, -0.2) is 13.7 Å². The van der Waals surface area contributed by atoms with Crippen molar-refractivity contribution in [2.45, 2.75) is 12.5 Å². The number of hydrazine groups is 1. The molecule has 0 amide bonds. The van der Waals surface area contributed by atoms with Crippen LogP contribution in [0.4, 0.5) is 0 Å². The Morgan fingerprint density at radius 1 is 1.29 bits per heavy atom. The first kappa shape index (κ1) is 14.4. The molecule has 4 nitrogen and oxygen atoms in total. The van der Waals surface area contributed by atoms with E-state index in [1.54, 1.807) is 7.11 Å². The molecule has 3 rings (SSSR count). The van der Waals surface area contributed by atoms with Crippen LogP contribution in [0.3, 0.4) is 0 Å². The topological polar surface area (TPSA) is 56.5 Å². The van der Waals surface area contributed by atoms with Gasteiger partial charge in [-0.1, -0.05) is 34.1 Å². The summed E-state index contributed by atoms with van der Waals surface area (Å²) in [7, 11) is 1.66. The average Bonchev–Trinajstić information content (AvgIpc) is 2.97. The highest BCUT2D eigenvalue weighted by molar-refractivity contribution is 9.10. The Bertz CT molecular complexity index is 661. The Hall–Kier alpha value is -1.56. The molecule has 0 saturated carbocycles. The number of benzene rings is 2. The molecular formula is C16H17BrN2O2. The molecule has 21 heavy (non-hydrogen) atoms. The van der Waals surface area contributed by atoms with Crippen molar-refractivity contribution in [3.63, 3.8) is 0 Å². The van der Waals surface area contributed by atoms with Crippen LogP contribution in [0.2, 0.25) is 0 Å². The van der Waals surface area contributed by atoms with E-state index in [2.05, 4.69) is 27.4 Å². The molecule has 5 heteroatoms. The molecule has 0 aliphatic carbocycles. The molecule has 1 aliphatic rings. The third kappa shape index (κ3) is 2.77. The predicted octanol–water partition coefficient (Wildman–Crippen LogP) is 2.95. The van der Waals surface area contributed by atoms with Gasteiger partial charge in [-0.3, -0.25) is 5.84 Å². The Morgan fingerprint density at radius 2 is 2.14 bits per heavy atom. The van der Waals surface area contributed by atoms with E-state index in [0.717, 1.165) is 40.1 Å². The van der Waals surface area contributed by atoms with Crippen LogP contribution in [-0.2, 0) is 6.42 Å². The van der Waals surface area contributed by atoms with Crippen LogP contribution in [0, 0.1) is 0 Å². The van der Waals surface area contributed by atoms with E-state index < -0.39 is 0 Å². The molecule has 2 aromatic carbocycles. The highest BCUT2D eigenvalue weighted by atomic mass is 79.9. The monoisotopic (exact) mass is 348 g/mol. The largest absolute Gasteiger partial charge is 0.496 e. The lowest BCUT2D eigenvalue weighted by Gasteiger charge is -2.20. The Morgan fingerprint density at radius 3 is 2.90 bits per heavy atom. The number of halogens is 1. The Balaban J connectivity index is 2.02. The van der Waals surface area contributed by atoms with Gasteiger partial charge in [0.25, 0.3) is 0 Å². The number of fused-ring (bicyclic) bond motifs is 1. The van der Waals surface area contributed by atoms with Gasteiger partial charge in [-0.15, -0.1) is 0 Å². The summed E-state index contributed by atoms with van der Waals surface area (Å²) in [5.74, 6) is 7.56. The van der Waals surface area contributed by atoms with Crippen LogP contribution in [0.5, 0.6) is 11.5 Å². The van der Waals surface area contributed by atoms with Gasteiger partial charge in [0.15, 0.2) is 0 Å². The van der Waals surface area contributed by atoms with Crippen molar-refractivity contribution in [1.29, 1.82) is 0 Å². The van der Waals surface area contributed by atoms with Crippen molar-refractivity contribution in [2.24, 2.45) is 5.84 Å². The van der Waals surface area contributed by atoms with Crippen molar-refractivity contribution < 1.29 is 9.47 Å². The molecule has 1 aliphatic heterocycles. The van der Waals surface area contributed by atoms with Gasteiger partial charge in [-0.2, -0.15) is 0 Å². The zero-order chi connectivity index (χ0) is 14.8. The molecule has 1 unspecified atom stereocenters. The maximum Gasteiger partial charge on any atom is 0.125 e. The van der Waals surface area contributed by atoms with Gasteiger partial charge in [0.05, 0.1) is 19.8 Å². The summed E-state index contributed by atoms with van der Waals surface area (Å²) in [5, 5.41) is 0. The second kappa shape index (κ2) is 6.05. The summed E-state index contributed by atoms with van der Waals surface area (Å²) in [5.41, 5.74) is 6.21. The molecule has 0 radical (unpaired) electrons. The number of hydrogen-bond donors (Lipinski definition) is 2. The quantitative estimate of drug-likeness (QED) is 0.658. The molecule has 3 N–H and O–H groups in total. The Labute approximate surface area is 132 Å². The molecule has 0 saturated heterocycles. The van der Waals surface area contributed by atoms with Crippen LogP contribution >= 0.6 is 15.9 Å². The van der Waals surface area contributed by atoms with Crippen molar-refractivity contribution in [3.05, 3.63) is 57.6 Å². The summed E-state index contributed by atoms with van der Waals surface area (Å²) < 4.78 is 12.0. The first-order valence-electron chi connectivity index (χ1n) is 6.78. The predicted molar refractivity (Wildman–Crippen MR) is 85.5 cm³/mol. The van der Waals surface area contributed by atoms with Crippen LogP contribution < -0.4 is 20.7 Å². The van der Waals surface area contributed by atoms with E-state index in [4.69, 9.17) is 15.3 Å². The molecule has 1 heterocycles. The molecule has 110 valence electrons. The molecule has 2 aromatic rings. The minimum absolute atomic E-state index is 0.126. The maximum absolute atomic E-state index is 5.80. The van der Waals surface area contributed by atoms with Gasteiger partial charge in [0, 0.05) is 16.5 Å². The molecule has 0 aromatic heterocycles. The summed E-state index contributed by atoms with van der Waals surface area (Å²) in [4.78, 5) is 0. The summed E-state index contributed by atoms with van der Waals surface area (Å²) >= 11 is 3.46. The molecular weight excluding hydrogens is 332 g/mol. The van der Waals surface area contributed by atoms with E-state index in [9.17, 15) is 0 Å². The number of rotatable bonds is 4. The van der Waals surface area contributed by atoms with E-state index in [1.165, 1.54) is 5.56 Å². The lowest BCUT2D eigenvalue weighted by molar-refractivity contribution is 0.356. The second-order valence-electron chi connectivity index (χ2n) is 4.95. The Kier molecular flexibility index (Phi) is 4.14. The first-order valence-corrected chi connectivity index (χ1v) is 7.57. The summed E-state index contributed by atoms with van der Waals surface area (Å²) in [6.45, 7) is 0.751. The second-order valence-corrected chi connectivity index (χ2v) is 5.87. The molecule has 0 bridgehead atoms. The fourth-order valence-electron chi connectivity index (χ4n) is 2.68. The first-order chi connectivity index (χ1) is 10.2. The number of nitrogens with one attached hydrogen (secondary N) is 1. The molecule has 1 atom stereocenters. The highest BCUT2D eigenvalue weighted by Crippen LogP contribution is 2.34. The normalized spacial score (nSPS) is 14.4. The number of methoxy groups -OCH3 is 1. The number of nitrogens with two attached hydrogens (primary N) is 1. The zero-order valence-electron chi connectivity index (χ0n) is 11.7. The average molecular weight is 349 g/mol. The van der Waals surface area contributed by atoms with Crippen molar-refractivity contribution >= 4 is 15.9 Å². The van der Waals surface area contributed by atoms with Gasteiger partial charge in [0.1, 0.15) is 11.5 Å². The fraction of sp³-hybridized carbons (Fsp3) is 0.250. The molecule has 0 fully saturated rings. The summed E-state index contributed by atoms with van der Waals surface area (Å²) in [6, 6.07) is 12.0. The summed E-state index contributed by atoms with van der Waals surface area (Å²) in [6.07, 6.45) is 0.942. The third-order valence-electron chi connectivity index (χ3n) is 3.72. The SMILES string of the molecule is COc1cc(Br)ccc1C(NN)c1ccc2c(c1)CCO2. The number of ether oxygens (including phenoxy) is 2. The van der Waals surface area contributed by atoms with E-state index in [-0.39, 0.29) is 6.04 Å².